The Kier molecular flexibility index (Phi) is 9.57. The Morgan fingerprint density at radius 1 is 1.34 bits per heavy atom. The van der Waals surface area contributed by atoms with E-state index in [0.29, 0.717) is 24.2 Å². The second kappa shape index (κ2) is 13.1. The molecule has 3 amide bonds. The van der Waals surface area contributed by atoms with Gasteiger partial charge in [0.05, 0.1) is 11.7 Å². The van der Waals surface area contributed by atoms with Crippen molar-refractivity contribution in [2.45, 2.75) is 50.3 Å². The van der Waals surface area contributed by atoms with Crippen LogP contribution in [0.3, 0.4) is 0 Å². The summed E-state index contributed by atoms with van der Waals surface area (Å²) in [5.41, 5.74) is 17.8. The molecule has 2 aliphatic heterocycles. The monoisotopic (exact) mass is 602 g/mol. The minimum atomic E-state index is -1.48. The van der Waals surface area contributed by atoms with Crippen LogP contribution in [-0.4, -0.2) is 69.1 Å². The van der Waals surface area contributed by atoms with Gasteiger partial charge in [-0.15, -0.1) is 23.1 Å². The van der Waals surface area contributed by atoms with Crippen LogP contribution in [0.5, 0.6) is 0 Å². The third-order valence-corrected chi connectivity index (χ3v) is 8.53. The summed E-state index contributed by atoms with van der Waals surface area (Å²) in [6, 6.07) is 2.63. The number of carbonyl (C=O) groups is 4. The van der Waals surface area contributed by atoms with Crippen LogP contribution in [0.15, 0.2) is 46.3 Å². The molecule has 1 fully saturated rings. The van der Waals surface area contributed by atoms with Crippen LogP contribution in [0.4, 0.5) is 5.13 Å². The van der Waals surface area contributed by atoms with E-state index in [1.54, 1.807) is 17.0 Å². The van der Waals surface area contributed by atoms with Gasteiger partial charge >= 0.3 is 0 Å². The van der Waals surface area contributed by atoms with Crippen molar-refractivity contribution in [3.63, 3.8) is 0 Å². The molecule has 0 bridgehead atoms. The molecule has 1 saturated heterocycles. The average Bonchev–Trinajstić information content (AvgIpc) is 3.38. The fourth-order valence-electron chi connectivity index (χ4n) is 4.26. The van der Waals surface area contributed by atoms with Gasteiger partial charge < -0.3 is 37.3 Å². The first-order valence-corrected chi connectivity index (χ1v) is 14.7. The van der Waals surface area contributed by atoms with E-state index < -0.39 is 41.2 Å². The van der Waals surface area contributed by atoms with Crippen molar-refractivity contribution in [1.82, 2.24) is 15.2 Å². The van der Waals surface area contributed by atoms with Crippen LogP contribution in [0.2, 0.25) is 0 Å². The predicted molar refractivity (Wildman–Crippen MR) is 148 cm³/mol. The molecule has 3 atom stereocenters. The molecule has 2 unspecified atom stereocenters. The fraction of sp³-hybridized carbons (Fsp3) is 0.400. The van der Waals surface area contributed by atoms with Crippen molar-refractivity contribution in [2.24, 2.45) is 16.6 Å². The molecule has 0 saturated carbocycles. The first-order chi connectivity index (χ1) is 19.6. The molecule has 14 nitrogen and oxygen atoms in total. The van der Waals surface area contributed by atoms with E-state index in [2.05, 4.69) is 15.5 Å². The number of fused-ring (bicyclic) bond motifs is 1. The van der Waals surface area contributed by atoms with Gasteiger partial charge in [0.15, 0.2) is 29.8 Å². The van der Waals surface area contributed by atoms with Crippen LogP contribution in [0.1, 0.15) is 31.0 Å². The van der Waals surface area contributed by atoms with E-state index in [1.807, 2.05) is 19.1 Å². The number of aryl methyl sites for hydroxylation is 1. The number of nitrogens with two attached hydrogens (primary N) is 3. The van der Waals surface area contributed by atoms with E-state index >= 15 is 0 Å². The highest BCUT2D eigenvalue weighted by atomic mass is 32.2. The lowest BCUT2D eigenvalue weighted by atomic mass is 10.0. The van der Waals surface area contributed by atoms with Gasteiger partial charge in [-0.2, -0.15) is 0 Å². The molecule has 2 aromatic heterocycles. The number of aliphatic carboxylic acids is 1. The quantitative estimate of drug-likeness (QED) is 0.0853. The van der Waals surface area contributed by atoms with E-state index in [4.69, 9.17) is 22.0 Å². The van der Waals surface area contributed by atoms with Gasteiger partial charge in [-0.25, -0.2) is 9.55 Å². The maximum absolute atomic E-state index is 13.2. The Balaban J connectivity index is 1.49. The third-order valence-electron chi connectivity index (χ3n) is 6.51. The number of pyridine rings is 1. The molecule has 4 rings (SSSR count). The number of thioether (sulfide) groups is 1. The number of anilines is 1. The number of nitrogens with one attached hydrogen (secondary N) is 1. The largest absolute Gasteiger partial charge is 0.543 e. The number of hydrogen-bond donors (Lipinski definition) is 4. The summed E-state index contributed by atoms with van der Waals surface area (Å²) in [4.78, 5) is 60.2. The fourth-order valence-corrected chi connectivity index (χ4v) is 6.15. The van der Waals surface area contributed by atoms with Crippen LogP contribution >= 0.6 is 23.1 Å². The number of amides is 3. The minimum absolute atomic E-state index is 0.173. The van der Waals surface area contributed by atoms with Crippen LogP contribution in [0.25, 0.3) is 0 Å². The minimum Gasteiger partial charge on any atom is -0.543 e. The van der Waals surface area contributed by atoms with Crippen LogP contribution in [-0.2, 0) is 37.0 Å². The number of aromatic nitrogens is 2. The average molecular weight is 603 g/mol. The number of rotatable bonds is 13. The number of thiazole rings is 1. The van der Waals surface area contributed by atoms with Gasteiger partial charge in [-0.1, -0.05) is 12.1 Å². The normalized spacial score (nSPS) is 19.3. The molecule has 41 heavy (non-hydrogen) atoms. The summed E-state index contributed by atoms with van der Waals surface area (Å²) in [5, 5.41) is 19.8. The zero-order valence-electron chi connectivity index (χ0n) is 22.1. The number of carboxylic acid groups (broad SMARTS) is 1. The SMILES string of the molecule is CCC(CN)ON=C(C(=O)NC1C(=O)N2C(C(=O)[O-])=C(C[n+]3ccc(CCC(N)=O)cc3)CS[C@H]12)c1csc(N)n1. The Morgan fingerprint density at radius 3 is 2.66 bits per heavy atom. The molecule has 0 radical (unpaired) electrons. The van der Waals surface area contributed by atoms with E-state index in [1.165, 1.54) is 17.1 Å². The van der Waals surface area contributed by atoms with Gasteiger partial charge in [-0.3, -0.25) is 19.3 Å². The van der Waals surface area contributed by atoms with Crippen molar-refractivity contribution >= 4 is 57.6 Å². The van der Waals surface area contributed by atoms with Gasteiger partial charge in [0.1, 0.15) is 23.2 Å². The zero-order valence-corrected chi connectivity index (χ0v) is 23.8. The molecule has 0 spiro atoms. The molecular formula is C25H30N8O6S2. The van der Waals surface area contributed by atoms with Crippen molar-refractivity contribution in [2.75, 3.05) is 18.0 Å². The molecular weight excluding hydrogens is 572 g/mol. The van der Waals surface area contributed by atoms with Crippen LogP contribution in [0, 0.1) is 0 Å². The van der Waals surface area contributed by atoms with Crippen molar-refractivity contribution in [1.29, 1.82) is 0 Å². The number of primary amides is 1. The topological polar surface area (TPSA) is 223 Å². The Morgan fingerprint density at radius 2 is 2.07 bits per heavy atom. The molecule has 16 heteroatoms. The van der Waals surface area contributed by atoms with Crippen LogP contribution < -0.4 is 32.2 Å². The molecule has 2 aromatic rings. The summed E-state index contributed by atoms with van der Waals surface area (Å²) < 4.78 is 1.77. The zero-order chi connectivity index (χ0) is 29.7. The number of nitrogen functional groups attached to an aromatic ring is 1. The molecule has 4 heterocycles. The second-order valence-electron chi connectivity index (χ2n) is 9.33. The van der Waals surface area contributed by atoms with Crippen molar-refractivity contribution < 1.29 is 33.7 Å². The van der Waals surface area contributed by atoms with Gasteiger partial charge in [0.25, 0.3) is 11.8 Å². The summed E-state index contributed by atoms with van der Waals surface area (Å²) in [5.74, 6) is -2.90. The third kappa shape index (κ3) is 6.83. The first kappa shape index (κ1) is 30.0. The predicted octanol–water partition coefficient (Wildman–Crippen LogP) is -2.01. The number of carbonyl (C=O) groups excluding carboxylic acids is 4. The van der Waals surface area contributed by atoms with E-state index in [9.17, 15) is 24.3 Å². The number of hydrogen-bond acceptors (Lipinski definition) is 12. The Bertz CT molecular complexity index is 1390. The number of β-lactam (4-membered cyclic amide) rings is 1. The molecule has 0 aromatic carbocycles. The molecule has 2 aliphatic rings. The number of nitrogens with zero attached hydrogens (tertiary/aromatic N) is 4. The number of oxime groups is 1. The van der Waals surface area contributed by atoms with Gasteiger partial charge in [0.2, 0.25) is 5.91 Å². The first-order valence-electron chi connectivity index (χ1n) is 12.7. The number of carboxylic acids is 1. The lowest BCUT2D eigenvalue weighted by molar-refractivity contribution is -0.689. The lowest BCUT2D eigenvalue weighted by Crippen LogP contribution is -2.71. The molecule has 7 N–H and O–H groups in total. The smallest absolute Gasteiger partial charge is 0.276 e. The second-order valence-corrected chi connectivity index (χ2v) is 11.3. The highest BCUT2D eigenvalue weighted by Crippen LogP contribution is 2.40. The van der Waals surface area contributed by atoms with Gasteiger partial charge in [0, 0.05) is 41.8 Å². The molecule has 0 aliphatic carbocycles. The van der Waals surface area contributed by atoms with E-state index in [-0.39, 0.29) is 41.7 Å². The van der Waals surface area contributed by atoms with Gasteiger partial charge in [-0.05, 0) is 18.4 Å². The lowest BCUT2D eigenvalue weighted by Gasteiger charge is -2.50. The maximum atomic E-state index is 13.2. The van der Waals surface area contributed by atoms with Crippen molar-refractivity contribution in [3.05, 3.63) is 52.4 Å². The highest BCUT2D eigenvalue weighted by molar-refractivity contribution is 8.00. The Labute approximate surface area is 243 Å². The summed E-state index contributed by atoms with van der Waals surface area (Å²) in [6.45, 7) is 2.24. The highest BCUT2D eigenvalue weighted by Gasteiger charge is 2.53. The maximum Gasteiger partial charge on any atom is 0.276 e. The van der Waals surface area contributed by atoms with E-state index in [0.717, 1.165) is 21.8 Å². The summed E-state index contributed by atoms with van der Waals surface area (Å²) in [7, 11) is 0. The summed E-state index contributed by atoms with van der Waals surface area (Å²) in [6.07, 6.45) is 4.37. The standard InChI is InChI=1S/C25H30N8O6S2/c1-2-15(9-26)39-31-18(16-12-41-25(28)29-16)21(35)30-19-22(36)33-20(24(37)38)14(11-40-23(19)33)10-32-7-5-13(6-8-32)3-4-17(27)34/h5-8,12,15,19,23H,2-4,9-11,26H2,1H3,(H5-,27,28,29,30,34,35,37,38)/t15?,19?,23-/m1/s1. The Hall–Kier alpha value is -4.02. The van der Waals surface area contributed by atoms with Crippen molar-refractivity contribution in [3.8, 4) is 0 Å². The molecule has 218 valence electrons. The summed E-state index contributed by atoms with van der Waals surface area (Å²) >= 11 is 2.43.